The first-order valence-electron chi connectivity index (χ1n) is 9.58. The predicted molar refractivity (Wildman–Crippen MR) is 119 cm³/mol. The molecule has 1 heterocycles. The van der Waals surface area contributed by atoms with Gasteiger partial charge in [-0.1, -0.05) is 72.4 Å². The third-order valence-corrected chi connectivity index (χ3v) is 5.47. The maximum atomic E-state index is 13.2. The fourth-order valence-electron chi connectivity index (χ4n) is 3.09. The first kappa shape index (κ1) is 19.8. The zero-order chi connectivity index (χ0) is 20.8. The van der Waals surface area contributed by atoms with Crippen molar-refractivity contribution < 1.29 is 4.79 Å². The number of amides is 1. The van der Waals surface area contributed by atoms with Crippen molar-refractivity contribution in [1.29, 1.82) is 0 Å². The van der Waals surface area contributed by atoms with Crippen LogP contribution in [0.1, 0.15) is 11.1 Å². The highest BCUT2D eigenvalue weighted by atomic mass is 32.2. The predicted octanol–water partition coefficient (Wildman–Crippen LogP) is 4.30. The Morgan fingerprint density at radius 3 is 2.43 bits per heavy atom. The Morgan fingerprint density at radius 1 is 0.967 bits per heavy atom. The number of hydrogen-bond donors (Lipinski definition) is 0. The number of anilines is 1. The topological polar surface area (TPSA) is 63.9 Å². The summed E-state index contributed by atoms with van der Waals surface area (Å²) in [6.45, 7) is 2.53. The van der Waals surface area contributed by atoms with Crippen molar-refractivity contribution in [2.45, 2.75) is 18.6 Å². The van der Waals surface area contributed by atoms with Gasteiger partial charge in [0.2, 0.25) is 11.1 Å². The highest BCUT2D eigenvalue weighted by Gasteiger charge is 2.18. The van der Waals surface area contributed by atoms with Crippen molar-refractivity contribution in [3.63, 3.8) is 0 Å². The summed E-state index contributed by atoms with van der Waals surface area (Å²) in [4.78, 5) is 15.0. The fourth-order valence-corrected chi connectivity index (χ4v) is 3.86. The summed E-state index contributed by atoms with van der Waals surface area (Å²) in [5.41, 5.74) is 3.93. The molecule has 4 aromatic rings. The molecule has 150 valence electrons. The molecule has 0 radical (unpaired) electrons. The maximum absolute atomic E-state index is 13.2. The number of benzene rings is 3. The number of hydrogen-bond acceptors (Lipinski definition) is 5. The van der Waals surface area contributed by atoms with Gasteiger partial charge >= 0.3 is 0 Å². The summed E-state index contributed by atoms with van der Waals surface area (Å²) in [6, 6.07) is 27.6. The van der Waals surface area contributed by atoms with Crippen LogP contribution in [0.2, 0.25) is 0 Å². The average Bonchev–Trinajstić information content (AvgIpc) is 3.26. The summed E-state index contributed by atoms with van der Waals surface area (Å²) in [6.07, 6.45) is 0. The van der Waals surface area contributed by atoms with E-state index in [-0.39, 0.29) is 11.7 Å². The number of thioether (sulfide) groups is 1. The van der Waals surface area contributed by atoms with Crippen LogP contribution >= 0.6 is 11.8 Å². The Labute approximate surface area is 179 Å². The largest absolute Gasteiger partial charge is 0.307 e. The van der Waals surface area contributed by atoms with Gasteiger partial charge in [0.25, 0.3) is 0 Å². The molecule has 0 aliphatic carbocycles. The second-order valence-corrected chi connectivity index (χ2v) is 7.74. The zero-order valence-electron chi connectivity index (χ0n) is 16.5. The molecule has 0 aliphatic heterocycles. The first-order valence-corrected chi connectivity index (χ1v) is 10.6. The number of nitrogens with zero attached hydrogens (tertiary/aromatic N) is 5. The van der Waals surface area contributed by atoms with E-state index in [2.05, 4.69) is 15.5 Å². The molecule has 1 amide bonds. The second-order valence-electron chi connectivity index (χ2n) is 6.80. The van der Waals surface area contributed by atoms with E-state index in [9.17, 15) is 4.79 Å². The molecule has 0 N–H and O–H groups in total. The molecule has 4 rings (SSSR count). The van der Waals surface area contributed by atoms with E-state index >= 15 is 0 Å². The van der Waals surface area contributed by atoms with Gasteiger partial charge in [-0.25, -0.2) is 0 Å². The minimum Gasteiger partial charge on any atom is -0.307 e. The van der Waals surface area contributed by atoms with E-state index in [0.29, 0.717) is 11.7 Å². The molecule has 3 aromatic carbocycles. The van der Waals surface area contributed by atoms with Crippen LogP contribution in [0, 0.1) is 6.92 Å². The normalized spacial score (nSPS) is 10.7. The Balaban J connectivity index is 1.52. The quantitative estimate of drug-likeness (QED) is 0.421. The van der Waals surface area contributed by atoms with Crippen LogP contribution < -0.4 is 4.90 Å². The van der Waals surface area contributed by atoms with Crippen molar-refractivity contribution >= 4 is 23.4 Å². The van der Waals surface area contributed by atoms with E-state index in [1.807, 2.05) is 91.9 Å². The van der Waals surface area contributed by atoms with E-state index in [1.54, 1.807) is 9.58 Å². The first-order chi connectivity index (χ1) is 14.7. The Bertz CT molecular complexity index is 1110. The standard InChI is InChI=1S/C23H21N5OS/c1-18-9-8-14-21(15-18)28-23(24-25-26-28)30-17-22(29)27(20-12-6-3-7-13-20)16-19-10-4-2-5-11-19/h2-15H,16-17H2,1H3. The van der Waals surface area contributed by atoms with Crippen molar-refractivity contribution in [1.82, 2.24) is 20.2 Å². The van der Waals surface area contributed by atoms with Gasteiger partial charge in [0.05, 0.1) is 18.0 Å². The van der Waals surface area contributed by atoms with Gasteiger partial charge in [0.1, 0.15) is 0 Å². The van der Waals surface area contributed by atoms with Gasteiger partial charge in [-0.15, -0.1) is 5.10 Å². The van der Waals surface area contributed by atoms with Gasteiger partial charge in [-0.3, -0.25) is 4.79 Å². The van der Waals surface area contributed by atoms with Crippen LogP contribution in [0.25, 0.3) is 5.69 Å². The van der Waals surface area contributed by atoms with Gasteiger partial charge in [0.15, 0.2) is 0 Å². The number of aromatic nitrogens is 4. The molecule has 6 nitrogen and oxygen atoms in total. The van der Waals surface area contributed by atoms with Crippen LogP contribution in [0.5, 0.6) is 0 Å². The number of para-hydroxylation sites is 1. The molecule has 0 aliphatic rings. The lowest BCUT2D eigenvalue weighted by Crippen LogP contribution is -2.32. The minimum atomic E-state index is -0.00570. The van der Waals surface area contributed by atoms with Crippen molar-refractivity contribution in [2.75, 3.05) is 10.7 Å². The second kappa shape index (κ2) is 9.37. The lowest BCUT2D eigenvalue weighted by molar-refractivity contribution is -0.116. The number of carbonyl (C=O) groups excluding carboxylic acids is 1. The molecule has 1 aromatic heterocycles. The van der Waals surface area contributed by atoms with Crippen LogP contribution in [0.4, 0.5) is 5.69 Å². The molecular formula is C23H21N5OS. The zero-order valence-corrected chi connectivity index (χ0v) is 17.4. The third kappa shape index (κ3) is 4.75. The van der Waals surface area contributed by atoms with Gasteiger partial charge in [-0.2, -0.15) is 4.68 Å². The summed E-state index contributed by atoms with van der Waals surface area (Å²) >= 11 is 1.33. The van der Waals surface area contributed by atoms with E-state index < -0.39 is 0 Å². The summed E-state index contributed by atoms with van der Waals surface area (Å²) in [7, 11) is 0. The molecule has 0 saturated carbocycles. The van der Waals surface area contributed by atoms with Crippen LogP contribution in [-0.4, -0.2) is 31.9 Å². The molecule has 30 heavy (non-hydrogen) atoms. The summed E-state index contributed by atoms with van der Waals surface area (Å²) < 4.78 is 1.66. The van der Waals surface area contributed by atoms with Crippen molar-refractivity contribution in [2.24, 2.45) is 0 Å². The van der Waals surface area contributed by atoms with Crippen LogP contribution in [0.15, 0.2) is 90.1 Å². The van der Waals surface area contributed by atoms with Crippen molar-refractivity contribution in [3.05, 3.63) is 96.1 Å². The van der Waals surface area contributed by atoms with Crippen LogP contribution in [-0.2, 0) is 11.3 Å². The molecular weight excluding hydrogens is 394 g/mol. The molecule has 0 atom stereocenters. The lowest BCUT2D eigenvalue weighted by atomic mass is 10.2. The van der Waals surface area contributed by atoms with Gasteiger partial charge in [-0.05, 0) is 52.7 Å². The maximum Gasteiger partial charge on any atom is 0.237 e. The number of aryl methyl sites for hydroxylation is 1. The Morgan fingerprint density at radius 2 is 1.70 bits per heavy atom. The van der Waals surface area contributed by atoms with E-state index in [4.69, 9.17) is 0 Å². The molecule has 0 saturated heterocycles. The smallest absolute Gasteiger partial charge is 0.237 e. The summed E-state index contributed by atoms with van der Waals surface area (Å²) in [5, 5.41) is 12.6. The molecule has 0 fully saturated rings. The minimum absolute atomic E-state index is 0.00570. The highest BCUT2D eigenvalue weighted by Crippen LogP contribution is 2.22. The highest BCUT2D eigenvalue weighted by molar-refractivity contribution is 7.99. The van der Waals surface area contributed by atoms with E-state index in [1.165, 1.54) is 11.8 Å². The molecule has 0 unspecified atom stereocenters. The number of rotatable bonds is 7. The van der Waals surface area contributed by atoms with Gasteiger partial charge < -0.3 is 4.90 Å². The van der Waals surface area contributed by atoms with Crippen molar-refractivity contribution in [3.8, 4) is 5.69 Å². The number of tetrazole rings is 1. The van der Waals surface area contributed by atoms with Crippen LogP contribution in [0.3, 0.4) is 0 Å². The molecule has 0 spiro atoms. The van der Waals surface area contributed by atoms with Gasteiger partial charge in [0, 0.05) is 5.69 Å². The molecule has 7 heteroatoms. The van der Waals surface area contributed by atoms with E-state index in [0.717, 1.165) is 22.5 Å². The lowest BCUT2D eigenvalue weighted by Gasteiger charge is -2.23. The Hall–Kier alpha value is -3.45. The third-order valence-electron chi connectivity index (χ3n) is 4.56. The SMILES string of the molecule is Cc1cccc(-n2nnnc2SCC(=O)N(Cc2ccccc2)c2ccccc2)c1. The fraction of sp³-hybridized carbons (Fsp3) is 0.130. The number of carbonyl (C=O) groups is 1. The average molecular weight is 416 g/mol. The molecule has 0 bridgehead atoms. The monoisotopic (exact) mass is 415 g/mol. The summed E-state index contributed by atoms with van der Waals surface area (Å²) in [5.74, 6) is 0.224. The Kier molecular flexibility index (Phi) is 6.20.